The van der Waals surface area contributed by atoms with Gasteiger partial charge in [-0.15, -0.1) is 0 Å². The van der Waals surface area contributed by atoms with E-state index in [4.69, 9.17) is 5.14 Å². The zero-order valence-corrected chi connectivity index (χ0v) is 9.31. The van der Waals surface area contributed by atoms with Gasteiger partial charge in [-0.3, -0.25) is 0 Å². The van der Waals surface area contributed by atoms with Crippen molar-refractivity contribution in [3.05, 3.63) is 22.7 Å². The van der Waals surface area contributed by atoms with Crippen LogP contribution in [0.2, 0.25) is 0 Å². The molecule has 3 N–H and O–H groups in total. The molecule has 0 aliphatic rings. The maximum absolute atomic E-state index is 11.1. The van der Waals surface area contributed by atoms with Gasteiger partial charge in [-0.05, 0) is 28.1 Å². The summed E-state index contributed by atoms with van der Waals surface area (Å²) in [5, 5.41) is 7.78. The molecule has 0 radical (unpaired) electrons. The van der Waals surface area contributed by atoms with Crippen LogP contribution in [0.4, 0.5) is 5.69 Å². The fourth-order valence-electron chi connectivity index (χ4n) is 0.984. The van der Waals surface area contributed by atoms with Gasteiger partial charge in [0, 0.05) is 11.5 Å². The molecular weight excluding hydrogens is 256 g/mol. The largest absolute Gasteiger partial charge is 0.386 e. The Morgan fingerprint density at radius 1 is 1.46 bits per heavy atom. The van der Waals surface area contributed by atoms with Gasteiger partial charge in [0.1, 0.15) is 4.90 Å². The zero-order valence-electron chi connectivity index (χ0n) is 6.91. The average molecular weight is 265 g/mol. The van der Waals surface area contributed by atoms with Crippen molar-refractivity contribution in [3.8, 4) is 0 Å². The Hall–Kier alpha value is -0.590. The summed E-state index contributed by atoms with van der Waals surface area (Å²) in [4.78, 5) is 0.0874. The third kappa shape index (κ3) is 2.20. The molecule has 0 atom stereocenters. The Bertz CT molecular complexity index is 417. The zero-order chi connectivity index (χ0) is 10.1. The van der Waals surface area contributed by atoms with Crippen LogP contribution < -0.4 is 10.5 Å². The smallest absolute Gasteiger partial charge is 0.240 e. The summed E-state index contributed by atoms with van der Waals surface area (Å²) < 4.78 is 22.8. The number of anilines is 1. The minimum absolute atomic E-state index is 0.0874. The molecule has 0 bridgehead atoms. The minimum Gasteiger partial charge on any atom is -0.386 e. The Labute approximate surface area is 85.3 Å². The number of rotatable bonds is 2. The van der Waals surface area contributed by atoms with Crippen molar-refractivity contribution in [3.63, 3.8) is 0 Å². The van der Waals surface area contributed by atoms with Crippen LogP contribution in [0.15, 0.2) is 27.6 Å². The summed E-state index contributed by atoms with van der Waals surface area (Å²) in [7, 11) is -2.03. The quantitative estimate of drug-likeness (QED) is 0.842. The number of para-hydroxylation sites is 1. The summed E-state index contributed by atoms with van der Waals surface area (Å²) in [6, 6.07) is 4.80. The molecule has 0 heterocycles. The number of nitrogens with one attached hydrogen (secondary N) is 1. The fourth-order valence-corrected chi connectivity index (χ4v) is 2.44. The summed E-state index contributed by atoms with van der Waals surface area (Å²) in [6.45, 7) is 0. The minimum atomic E-state index is -3.66. The van der Waals surface area contributed by atoms with Crippen LogP contribution in [0.25, 0.3) is 0 Å². The second-order valence-electron chi connectivity index (χ2n) is 2.41. The van der Waals surface area contributed by atoms with Gasteiger partial charge in [0.15, 0.2) is 0 Å². The molecule has 6 heteroatoms. The lowest BCUT2D eigenvalue weighted by Gasteiger charge is -2.08. The van der Waals surface area contributed by atoms with E-state index in [1.165, 1.54) is 6.07 Å². The van der Waals surface area contributed by atoms with E-state index in [1.807, 2.05) is 0 Å². The molecular formula is C7H9BrN2O2S. The molecule has 0 fully saturated rings. The highest BCUT2D eigenvalue weighted by molar-refractivity contribution is 9.10. The van der Waals surface area contributed by atoms with Crippen LogP contribution in [0.3, 0.4) is 0 Å². The van der Waals surface area contributed by atoms with Crippen molar-refractivity contribution >= 4 is 31.6 Å². The number of hydrogen-bond donors (Lipinski definition) is 2. The lowest BCUT2D eigenvalue weighted by Crippen LogP contribution is -2.14. The van der Waals surface area contributed by atoms with E-state index in [2.05, 4.69) is 21.2 Å². The van der Waals surface area contributed by atoms with Gasteiger partial charge in [0.2, 0.25) is 10.0 Å². The number of benzene rings is 1. The summed E-state index contributed by atoms with van der Waals surface area (Å²) in [6.07, 6.45) is 0. The Morgan fingerprint density at radius 3 is 2.46 bits per heavy atom. The Morgan fingerprint density at radius 2 is 2.08 bits per heavy atom. The first kappa shape index (κ1) is 10.5. The molecule has 4 nitrogen and oxygen atoms in total. The standard InChI is InChI=1S/C7H9BrN2O2S/c1-10-7-5(8)3-2-4-6(7)13(9,11)12/h2-4,10H,1H3,(H2,9,11,12). The number of halogens is 1. The lowest BCUT2D eigenvalue weighted by molar-refractivity contribution is 0.598. The first-order valence-electron chi connectivity index (χ1n) is 3.46. The highest BCUT2D eigenvalue weighted by Gasteiger charge is 2.14. The van der Waals surface area contributed by atoms with Crippen LogP contribution in [-0.4, -0.2) is 15.5 Å². The Balaban J connectivity index is 3.47. The van der Waals surface area contributed by atoms with Crippen molar-refractivity contribution in [1.29, 1.82) is 0 Å². The van der Waals surface area contributed by atoms with E-state index in [0.717, 1.165) is 0 Å². The molecule has 0 aliphatic heterocycles. The normalized spacial score (nSPS) is 11.3. The van der Waals surface area contributed by atoms with Crippen molar-refractivity contribution in [2.24, 2.45) is 5.14 Å². The lowest BCUT2D eigenvalue weighted by atomic mass is 10.3. The van der Waals surface area contributed by atoms with Gasteiger partial charge in [0.05, 0.1) is 5.69 Å². The van der Waals surface area contributed by atoms with Gasteiger partial charge in [-0.1, -0.05) is 6.07 Å². The van der Waals surface area contributed by atoms with Crippen LogP contribution in [-0.2, 0) is 10.0 Å². The van der Waals surface area contributed by atoms with Gasteiger partial charge in [0.25, 0.3) is 0 Å². The molecule has 0 aliphatic carbocycles. The molecule has 0 amide bonds. The summed E-state index contributed by atoms with van der Waals surface area (Å²) >= 11 is 3.22. The van der Waals surface area contributed by atoms with Crippen LogP contribution >= 0.6 is 15.9 Å². The molecule has 72 valence electrons. The van der Waals surface area contributed by atoms with Gasteiger partial charge in [-0.2, -0.15) is 0 Å². The molecule has 0 unspecified atom stereocenters. The second-order valence-corrected chi connectivity index (χ2v) is 4.79. The van der Waals surface area contributed by atoms with Gasteiger partial charge >= 0.3 is 0 Å². The van der Waals surface area contributed by atoms with E-state index < -0.39 is 10.0 Å². The predicted octanol–water partition coefficient (Wildman–Crippen LogP) is 1.14. The van der Waals surface area contributed by atoms with Crippen molar-refractivity contribution in [2.75, 3.05) is 12.4 Å². The van der Waals surface area contributed by atoms with Crippen LogP contribution in [0.5, 0.6) is 0 Å². The highest BCUT2D eigenvalue weighted by Crippen LogP contribution is 2.28. The molecule has 1 aromatic carbocycles. The SMILES string of the molecule is CNc1c(Br)cccc1S(N)(=O)=O. The fraction of sp³-hybridized carbons (Fsp3) is 0.143. The number of primary sulfonamides is 1. The second kappa shape index (κ2) is 3.65. The summed E-state index contributed by atoms with van der Waals surface area (Å²) in [5.41, 5.74) is 0.477. The molecule has 0 spiro atoms. The van der Waals surface area contributed by atoms with E-state index in [0.29, 0.717) is 10.2 Å². The van der Waals surface area contributed by atoms with E-state index in [9.17, 15) is 8.42 Å². The van der Waals surface area contributed by atoms with Crippen LogP contribution in [0, 0.1) is 0 Å². The van der Waals surface area contributed by atoms with Crippen molar-refractivity contribution in [1.82, 2.24) is 0 Å². The molecule has 13 heavy (non-hydrogen) atoms. The molecule has 0 aromatic heterocycles. The highest BCUT2D eigenvalue weighted by atomic mass is 79.9. The first-order chi connectivity index (χ1) is 5.96. The Kier molecular flexibility index (Phi) is 2.94. The topological polar surface area (TPSA) is 72.2 Å². The number of nitrogens with two attached hydrogens (primary N) is 1. The maximum Gasteiger partial charge on any atom is 0.240 e. The van der Waals surface area contributed by atoms with Gasteiger partial charge in [-0.25, -0.2) is 13.6 Å². The van der Waals surface area contributed by atoms with Crippen molar-refractivity contribution < 1.29 is 8.42 Å². The number of sulfonamides is 1. The maximum atomic E-state index is 11.1. The van der Waals surface area contributed by atoms with E-state index in [1.54, 1.807) is 19.2 Å². The third-order valence-corrected chi connectivity index (χ3v) is 3.15. The van der Waals surface area contributed by atoms with E-state index >= 15 is 0 Å². The molecule has 1 aromatic rings. The summed E-state index contributed by atoms with van der Waals surface area (Å²) in [5.74, 6) is 0. The molecule has 0 saturated carbocycles. The van der Waals surface area contributed by atoms with Crippen LogP contribution in [0.1, 0.15) is 0 Å². The first-order valence-corrected chi connectivity index (χ1v) is 5.80. The third-order valence-electron chi connectivity index (χ3n) is 1.53. The van der Waals surface area contributed by atoms with Crippen molar-refractivity contribution in [2.45, 2.75) is 4.90 Å². The predicted molar refractivity (Wildman–Crippen MR) is 55.1 cm³/mol. The van der Waals surface area contributed by atoms with Gasteiger partial charge < -0.3 is 5.32 Å². The molecule has 0 saturated heterocycles. The molecule has 1 rings (SSSR count). The van der Waals surface area contributed by atoms with E-state index in [-0.39, 0.29) is 4.90 Å². The average Bonchev–Trinajstić information content (AvgIpc) is 2.02. The number of hydrogen-bond acceptors (Lipinski definition) is 3. The monoisotopic (exact) mass is 264 g/mol.